The van der Waals surface area contributed by atoms with Crippen molar-refractivity contribution in [2.45, 2.75) is 18.7 Å². The van der Waals surface area contributed by atoms with E-state index in [4.69, 9.17) is 16.7 Å². The number of nitrogens with two attached hydrogens (primary N) is 1. The van der Waals surface area contributed by atoms with Crippen LogP contribution in [-0.4, -0.2) is 32.8 Å². The smallest absolute Gasteiger partial charge is 0.253 e. The van der Waals surface area contributed by atoms with Crippen molar-refractivity contribution in [3.8, 4) is 0 Å². The number of rotatable bonds is 4. The minimum atomic E-state index is -3.94. The monoisotopic (exact) mass is 304 g/mol. The molecule has 1 aromatic rings. The fourth-order valence-corrected chi connectivity index (χ4v) is 2.78. The number of nitrogens with zero attached hydrogens (tertiary/aromatic N) is 1. The first kappa shape index (κ1) is 15.9. The van der Waals surface area contributed by atoms with Gasteiger partial charge in [0.05, 0.1) is 5.02 Å². The van der Waals surface area contributed by atoms with Gasteiger partial charge in [0.25, 0.3) is 5.91 Å². The van der Waals surface area contributed by atoms with E-state index in [0.717, 1.165) is 0 Å². The molecule has 0 aromatic heterocycles. The van der Waals surface area contributed by atoms with Gasteiger partial charge in [-0.2, -0.15) is 0 Å². The van der Waals surface area contributed by atoms with Gasteiger partial charge < -0.3 is 4.90 Å². The van der Waals surface area contributed by atoms with Crippen LogP contribution >= 0.6 is 11.6 Å². The summed E-state index contributed by atoms with van der Waals surface area (Å²) in [6.07, 6.45) is 0. The summed E-state index contributed by atoms with van der Waals surface area (Å²) in [7, 11) is -2.28. The van der Waals surface area contributed by atoms with Crippen LogP contribution in [0, 0.1) is 5.92 Å². The first-order valence-electron chi connectivity index (χ1n) is 5.70. The maximum Gasteiger partial charge on any atom is 0.253 e. The molecule has 0 radical (unpaired) electrons. The highest BCUT2D eigenvalue weighted by Crippen LogP contribution is 2.22. The van der Waals surface area contributed by atoms with Crippen LogP contribution in [0.5, 0.6) is 0 Å². The Kier molecular flexibility index (Phi) is 4.95. The van der Waals surface area contributed by atoms with E-state index in [1.165, 1.54) is 23.1 Å². The number of benzene rings is 1. The molecule has 0 aliphatic carbocycles. The zero-order chi connectivity index (χ0) is 14.8. The van der Waals surface area contributed by atoms with Gasteiger partial charge in [-0.15, -0.1) is 0 Å². The molecular weight excluding hydrogens is 288 g/mol. The van der Waals surface area contributed by atoms with Crippen molar-refractivity contribution in [1.82, 2.24) is 4.90 Å². The van der Waals surface area contributed by atoms with Gasteiger partial charge in [-0.05, 0) is 24.1 Å². The topological polar surface area (TPSA) is 80.5 Å². The summed E-state index contributed by atoms with van der Waals surface area (Å²) < 4.78 is 22.7. The van der Waals surface area contributed by atoms with E-state index in [1.54, 1.807) is 7.05 Å². The SMILES string of the molecule is CC(C)CN(C)C(=O)c1ccc(Cl)c(S(N)(=O)=O)c1. The Balaban J connectivity index is 3.13. The maximum absolute atomic E-state index is 12.1. The fraction of sp³-hybridized carbons (Fsp3) is 0.417. The molecule has 19 heavy (non-hydrogen) atoms. The summed E-state index contributed by atoms with van der Waals surface area (Å²) in [5, 5.41) is 5.05. The third-order valence-electron chi connectivity index (χ3n) is 2.47. The van der Waals surface area contributed by atoms with Crippen molar-refractivity contribution in [3.05, 3.63) is 28.8 Å². The lowest BCUT2D eigenvalue weighted by atomic mass is 10.1. The number of amides is 1. The summed E-state index contributed by atoms with van der Waals surface area (Å²) in [4.78, 5) is 13.4. The summed E-state index contributed by atoms with van der Waals surface area (Å²) >= 11 is 5.77. The average molecular weight is 305 g/mol. The Bertz CT molecular complexity index is 585. The molecule has 0 saturated heterocycles. The van der Waals surface area contributed by atoms with E-state index < -0.39 is 10.0 Å². The highest BCUT2D eigenvalue weighted by atomic mass is 35.5. The van der Waals surface area contributed by atoms with Gasteiger partial charge in [-0.3, -0.25) is 4.79 Å². The van der Waals surface area contributed by atoms with Crippen LogP contribution in [0.15, 0.2) is 23.1 Å². The van der Waals surface area contributed by atoms with Crippen molar-refractivity contribution < 1.29 is 13.2 Å². The van der Waals surface area contributed by atoms with Gasteiger partial charge in [-0.25, -0.2) is 13.6 Å². The number of hydrogen-bond acceptors (Lipinski definition) is 3. The molecule has 0 aliphatic rings. The quantitative estimate of drug-likeness (QED) is 0.919. The first-order valence-corrected chi connectivity index (χ1v) is 7.63. The number of hydrogen-bond donors (Lipinski definition) is 1. The van der Waals surface area contributed by atoms with Crippen LogP contribution in [-0.2, 0) is 10.0 Å². The molecule has 0 unspecified atom stereocenters. The van der Waals surface area contributed by atoms with Gasteiger partial charge >= 0.3 is 0 Å². The van der Waals surface area contributed by atoms with Gasteiger partial charge in [0.15, 0.2) is 0 Å². The van der Waals surface area contributed by atoms with Crippen LogP contribution < -0.4 is 5.14 Å². The molecule has 106 valence electrons. The number of primary sulfonamides is 1. The Morgan fingerprint density at radius 2 is 2.00 bits per heavy atom. The summed E-state index contributed by atoms with van der Waals surface area (Å²) in [5.74, 6) is 0.0502. The largest absolute Gasteiger partial charge is 0.341 e. The lowest BCUT2D eigenvalue weighted by molar-refractivity contribution is 0.0779. The molecule has 1 rings (SSSR count). The van der Waals surface area contributed by atoms with E-state index >= 15 is 0 Å². The molecule has 0 spiro atoms. The lowest BCUT2D eigenvalue weighted by Gasteiger charge is -2.19. The maximum atomic E-state index is 12.1. The summed E-state index contributed by atoms with van der Waals surface area (Å²) in [5.41, 5.74) is 0.247. The molecule has 0 fully saturated rings. The van der Waals surface area contributed by atoms with E-state index in [-0.39, 0.29) is 21.4 Å². The number of carbonyl (C=O) groups excluding carboxylic acids is 1. The normalized spacial score (nSPS) is 11.7. The molecule has 0 bridgehead atoms. The van der Waals surface area contributed by atoms with Crippen molar-refractivity contribution in [2.24, 2.45) is 11.1 Å². The van der Waals surface area contributed by atoms with Crippen molar-refractivity contribution in [3.63, 3.8) is 0 Å². The summed E-state index contributed by atoms with van der Waals surface area (Å²) in [6, 6.07) is 4.05. The third kappa shape index (κ3) is 4.19. The Labute approximate surface area is 118 Å². The van der Waals surface area contributed by atoms with E-state index in [0.29, 0.717) is 12.5 Å². The third-order valence-corrected chi connectivity index (χ3v) is 3.86. The van der Waals surface area contributed by atoms with Gasteiger partial charge in [-0.1, -0.05) is 25.4 Å². The van der Waals surface area contributed by atoms with Crippen LogP contribution in [0.25, 0.3) is 0 Å². The molecule has 5 nitrogen and oxygen atoms in total. The second-order valence-electron chi connectivity index (χ2n) is 4.77. The molecule has 2 N–H and O–H groups in total. The fourth-order valence-electron chi connectivity index (χ4n) is 1.71. The zero-order valence-corrected chi connectivity index (χ0v) is 12.6. The van der Waals surface area contributed by atoms with Crippen molar-refractivity contribution in [2.75, 3.05) is 13.6 Å². The minimum Gasteiger partial charge on any atom is -0.341 e. The first-order chi connectivity index (χ1) is 8.62. The van der Waals surface area contributed by atoms with E-state index in [9.17, 15) is 13.2 Å². The molecule has 0 aliphatic heterocycles. The second-order valence-corrected chi connectivity index (χ2v) is 6.71. The van der Waals surface area contributed by atoms with E-state index in [1.807, 2.05) is 13.8 Å². The lowest BCUT2D eigenvalue weighted by Crippen LogP contribution is -2.30. The molecule has 7 heteroatoms. The number of carbonyl (C=O) groups is 1. The Morgan fingerprint density at radius 3 is 2.47 bits per heavy atom. The van der Waals surface area contributed by atoms with E-state index in [2.05, 4.69) is 0 Å². The highest BCUT2D eigenvalue weighted by molar-refractivity contribution is 7.89. The average Bonchev–Trinajstić information content (AvgIpc) is 2.26. The molecular formula is C12H17ClN2O3S. The standard InChI is InChI=1S/C12H17ClN2O3S/c1-8(2)7-15(3)12(16)9-4-5-10(13)11(6-9)19(14,17)18/h4-6,8H,7H2,1-3H3,(H2,14,17,18). The highest BCUT2D eigenvalue weighted by Gasteiger charge is 2.18. The molecule has 0 atom stereocenters. The predicted molar refractivity (Wildman–Crippen MR) is 74.6 cm³/mol. The van der Waals surface area contributed by atoms with Crippen molar-refractivity contribution >= 4 is 27.5 Å². The second kappa shape index (κ2) is 5.90. The van der Waals surface area contributed by atoms with Crippen LogP contribution in [0.2, 0.25) is 5.02 Å². The summed E-state index contributed by atoms with van der Waals surface area (Å²) in [6.45, 7) is 4.55. The van der Waals surface area contributed by atoms with Gasteiger partial charge in [0, 0.05) is 19.2 Å². The molecule has 1 amide bonds. The van der Waals surface area contributed by atoms with Crippen LogP contribution in [0.1, 0.15) is 24.2 Å². The van der Waals surface area contributed by atoms with Crippen LogP contribution in [0.4, 0.5) is 0 Å². The number of halogens is 1. The Hall–Kier alpha value is -1.11. The molecule has 0 saturated carbocycles. The Morgan fingerprint density at radius 1 is 1.42 bits per heavy atom. The number of sulfonamides is 1. The molecule has 1 aromatic carbocycles. The van der Waals surface area contributed by atoms with Crippen LogP contribution in [0.3, 0.4) is 0 Å². The van der Waals surface area contributed by atoms with Crippen molar-refractivity contribution in [1.29, 1.82) is 0 Å². The zero-order valence-electron chi connectivity index (χ0n) is 11.1. The minimum absolute atomic E-state index is 0.00515. The molecule has 0 heterocycles. The predicted octanol–water partition coefficient (Wildman–Crippen LogP) is 1.72. The van der Waals surface area contributed by atoms with Gasteiger partial charge in [0.2, 0.25) is 10.0 Å². The van der Waals surface area contributed by atoms with Gasteiger partial charge in [0.1, 0.15) is 4.90 Å².